The minimum atomic E-state index is -0.939. The normalized spacial score (nSPS) is 12.2. The van der Waals surface area contributed by atoms with Crippen LogP contribution in [-0.2, 0) is 11.8 Å². The highest BCUT2D eigenvalue weighted by Crippen LogP contribution is 2.04. The summed E-state index contributed by atoms with van der Waals surface area (Å²) in [7, 11) is 1.73. The van der Waals surface area contributed by atoms with E-state index in [4.69, 9.17) is 5.11 Å². The molecule has 0 bridgehead atoms. The molecule has 6 heteroatoms. The molecule has 16 heavy (non-hydrogen) atoms. The molecule has 0 aliphatic heterocycles. The van der Waals surface area contributed by atoms with Crippen LogP contribution in [0.3, 0.4) is 0 Å². The molecule has 0 aliphatic rings. The standard InChI is InChI=1S/C10H15N3O3/c1-6-5-13(3)12-9(6)10(16)11-7(2)4-8(14)15/h5,7H,4H2,1-3H3,(H,11,16)(H,14,15). The van der Waals surface area contributed by atoms with E-state index in [1.807, 2.05) is 0 Å². The summed E-state index contributed by atoms with van der Waals surface area (Å²) in [5.41, 5.74) is 1.10. The zero-order valence-electron chi connectivity index (χ0n) is 9.52. The van der Waals surface area contributed by atoms with Gasteiger partial charge in [0.15, 0.2) is 5.69 Å². The average molecular weight is 225 g/mol. The molecular formula is C10H15N3O3. The highest BCUT2D eigenvalue weighted by Gasteiger charge is 2.16. The second-order valence-electron chi connectivity index (χ2n) is 3.81. The molecule has 1 aromatic rings. The van der Waals surface area contributed by atoms with Gasteiger partial charge in [0.25, 0.3) is 5.91 Å². The first kappa shape index (κ1) is 12.2. The van der Waals surface area contributed by atoms with E-state index >= 15 is 0 Å². The fourth-order valence-electron chi connectivity index (χ4n) is 1.44. The van der Waals surface area contributed by atoms with Gasteiger partial charge in [0.1, 0.15) is 0 Å². The number of nitrogens with one attached hydrogen (secondary N) is 1. The minimum Gasteiger partial charge on any atom is -0.481 e. The first-order chi connectivity index (χ1) is 7.40. The summed E-state index contributed by atoms with van der Waals surface area (Å²) in [5, 5.41) is 15.1. The van der Waals surface area contributed by atoms with Crippen molar-refractivity contribution >= 4 is 11.9 Å². The van der Waals surface area contributed by atoms with Gasteiger partial charge in [-0.05, 0) is 13.8 Å². The van der Waals surface area contributed by atoms with Crippen molar-refractivity contribution in [2.24, 2.45) is 7.05 Å². The summed E-state index contributed by atoms with van der Waals surface area (Å²) in [6.07, 6.45) is 1.63. The third-order valence-corrected chi connectivity index (χ3v) is 2.09. The van der Waals surface area contributed by atoms with Gasteiger partial charge in [-0.1, -0.05) is 0 Å². The number of carbonyl (C=O) groups excluding carboxylic acids is 1. The van der Waals surface area contributed by atoms with Crippen molar-refractivity contribution in [1.82, 2.24) is 15.1 Å². The summed E-state index contributed by atoms with van der Waals surface area (Å²) in [4.78, 5) is 22.1. The number of hydrogen-bond acceptors (Lipinski definition) is 3. The summed E-state index contributed by atoms with van der Waals surface area (Å²) in [5.74, 6) is -1.28. The van der Waals surface area contributed by atoms with E-state index in [0.717, 1.165) is 5.56 Å². The molecule has 1 rings (SSSR count). The molecule has 0 saturated heterocycles. The molecule has 6 nitrogen and oxygen atoms in total. The van der Waals surface area contributed by atoms with Crippen molar-refractivity contribution in [2.45, 2.75) is 26.3 Å². The van der Waals surface area contributed by atoms with Gasteiger partial charge in [0.05, 0.1) is 6.42 Å². The molecule has 1 atom stereocenters. The Morgan fingerprint density at radius 2 is 2.25 bits per heavy atom. The third kappa shape index (κ3) is 3.08. The Labute approximate surface area is 93.3 Å². The van der Waals surface area contributed by atoms with E-state index in [1.165, 1.54) is 0 Å². The smallest absolute Gasteiger partial charge is 0.305 e. The van der Waals surface area contributed by atoms with Crippen molar-refractivity contribution in [2.75, 3.05) is 0 Å². The van der Waals surface area contributed by atoms with Gasteiger partial charge in [-0.3, -0.25) is 14.3 Å². The number of amides is 1. The average Bonchev–Trinajstić information content (AvgIpc) is 2.43. The van der Waals surface area contributed by atoms with E-state index in [-0.39, 0.29) is 12.3 Å². The van der Waals surface area contributed by atoms with Gasteiger partial charge in [-0.25, -0.2) is 0 Å². The molecule has 0 radical (unpaired) electrons. The Balaban J connectivity index is 2.65. The minimum absolute atomic E-state index is 0.0996. The Morgan fingerprint density at radius 1 is 1.62 bits per heavy atom. The molecular weight excluding hydrogens is 210 g/mol. The molecule has 0 saturated carbocycles. The van der Waals surface area contributed by atoms with Gasteiger partial charge < -0.3 is 10.4 Å². The number of carboxylic acid groups (broad SMARTS) is 1. The quantitative estimate of drug-likeness (QED) is 0.773. The molecule has 1 aromatic heterocycles. The van der Waals surface area contributed by atoms with E-state index in [1.54, 1.807) is 31.8 Å². The third-order valence-electron chi connectivity index (χ3n) is 2.09. The van der Waals surface area contributed by atoms with E-state index in [2.05, 4.69) is 10.4 Å². The number of hydrogen-bond donors (Lipinski definition) is 2. The summed E-state index contributed by atoms with van der Waals surface area (Å²) in [6.45, 7) is 3.42. The highest BCUT2D eigenvalue weighted by molar-refractivity contribution is 5.93. The monoisotopic (exact) mass is 225 g/mol. The number of carboxylic acids is 1. The molecule has 1 amide bonds. The molecule has 0 aromatic carbocycles. The number of nitrogens with zero attached hydrogens (tertiary/aromatic N) is 2. The lowest BCUT2D eigenvalue weighted by Crippen LogP contribution is -2.34. The molecule has 0 spiro atoms. The highest BCUT2D eigenvalue weighted by atomic mass is 16.4. The van der Waals surface area contributed by atoms with Crippen LogP contribution in [0.4, 0.5) is 0 Å². The predicted molar refractivity (Wildman–Crippen MR) is 57.1 cm³/mol. The Hall–Kier alpha value is -1.85. The molecule has 1 heterocycles. The zero-order chi connectivity index (χ0) is 12.3. The maximum absolute atomic E-state index is 11.7. The number of aromatic nitrogens is 2. The van der Waals surface area contributed by atoms with E-state index < -0.39 is 12.0 Å². The van der Waals surface area contributed by atoms with Gasteiger partial charge in [-0.2, -0.15) is 5.10 Å². The Kier molecular flexibility index (Phi) is 3.65. The van der Waals surface area contributed by atoms with Crippen molar-refractivity contribution in [3.63, 3.8) is 0 Å². The van der Waals surface area contributed by atoms with Crippen LogP contribution in [0.15, 0.2) is 6.20 Å². The van der Waals surface area contributed by atoms with Gasteiger partial charge in [-0.15, -0.1) is 0 Å². The molecule has 2 N–H and O–H groups in total. The molecule has 0 fully saturated rings. The maximum Gasteiger partial charge on any atom is 0.305 e. The van der Waals surface area contributed by atoms with Crippen LogP contribution in [0.1, 0.15) is 29.4 Å². The first-order valence-corrected chi connectivity index (χ1v) is 4.93. The lowest BCUT2D eigenvalue weighted by atomic mass is 10.2. The Bertz CT molecular complexity index is 411. The topological polar surface area (TPSA) is 84.2 Å². The zero-order valence-corrected chi connectivity index (χ0v) is 9.52. The fourth-order valence-corrected chi connectivity index (χ4v) is 1.44. The van der Waals surface area contributed by atoms with Crippen LogP contribution in [0.2, 0.25) is 0 Å². The predicted octanol–water partition coefficient (Wildman–Crippen LogP) is 0.322. The van der Waals surface area contributed by atoms with E-state index in [0.29, 0.717) is 5.69 Å². The number of aryl methyl sites for hydroxylation is 2. The van der Waals surface area contributed by atoms with Crippen LogP contribution in [-0.4, -0.2) is 32.8 Å². The molecule has 88 valence electrons. The van der Waals surface area contributed by atoms with Gasteiger partial charge in [0.2, 0.25) is 0 Å². The van der Waals surface area contributed by atoms with Gasteiger partial charge >= 0.3 is 5.97 Å². The van der Waals surface area contributed by atoms with Crippen molar-refractivity contribution in [1.29, 1.82) is 0 Å². The van der Waals surface area contributed by atoms with E-state index in [9.17, 15) is 9.59 Å². The summed E-state index contributed by atoms with van der Waals surface area (Å²) in [6, 6.07) is -0.411. The SMILES string of the molecule is Cc1cn(C)nc1C(=O)NC(C)CC(=O)O. The lowest BCUT2D eigenvalue weighted by Gasteiger charge is -2.10. The van der Waals surface area contributed by atoms with Crippen LogP contribution in [0, 0.1) is 6.92 Å². The number of carbonyl (C=O) groups is 2. The second kappa shape index (κ2) is 4.78. The molecule has 1 unspecified atom stereocenters. The van der Waals surface area contributed by atoms with Crippen LogP contribution < -0.4 is 5.32 Å². The summed E-state index contributed by atoms with van der Waals surface area (Å²) >= 11 is 0. The largest absolute Gasteiger partial charge is 0.481 e. The van der Waals surface area contributed by atoms with Crippen molar-refractivity contribution in [3.8, 4) is 0 Å². The van der Waals surface area contributed by atoms with Crippen molar-refractivity contribution in [3.05, 3.63) is 17.5 Å². The van der Waals surface area contributed by atoms with Crippen LogP contribution in [0.25, 0.3) is 0 Å². The van der Waals surface area contributed by atoms with Crippen LogP contribution >= 0.6 is 0 Å². The number of aliphatic carboxylic acids is 1. The van der Waals surface area contributed by atoms with Crippen molar-refractivity contribution < 1.29 is 14.7 Å². The maximum atomic E-state index is 11.7. The number of rotatable bonds is 4. The second-order valence-corrected chi connectivity index (χ2v) is 3.81. The Morgan fingerprint density at radius 3 is 2.69 bits per heavy atom. The van der Waals surface area contributed by atoms with Crippen LogP contribution in [0.5, 0.6) is 0 Å². The summed E-state index contributed by atoms with van der Waals surface area (Å²) < 4.78 is 1.55. The first-order valence-electron chi connectivity index (χ1n) is 4.93. The lowest BCUT2D eigenvalue weighted by molar-refractivity contribution is -0.137. The fraction of sp³-hybridized carbons (Fsp3) is 0.500. The molecule has 0 aliphatic carbocycles. The van der Waals surface area contributed by atoms with Gasteiger partial charge in [0, 0.05) is 24.8 Å².